The monoisotopic (exact) mass is 381 g/mol. The lowest BCUT2D eigenvalue weighted by Gasteiger charge is -2.17. The molecule has 0 fully saturated rings. The van der Waals surface area contributed by atoms with Crippen molar-refractivity contribution < 1.29 is 19.7 Å². The van der Waals surface area contributed by atoms with Gasteiger partial charge in [-0.25, -0.2) is 23.1 Å². The zero-order chi connectivity index (χ0) is 19.0. The summed E-state index contributed by atoms with van der Waals surface area (Å²) >= 11 is 0. The van der Waals surface area contributed by atoms with Gasteiger partial charge in [-0.15, -0.1) is 0 Å². The first-order valence-corrected chi connectivity index (χ1v) is 9.99. The van der Waals surface area contributed by atoms with Crippen LogP contribution in [0.15, 0.2) is 36.7 Å². The third kappa shape index (κ3) is 6.05. The van der Waals surface area contributed by atoms with E-state index in [1.165, 1.54) is 0 Å². The van der Waals surface area contributed by atoms with Gasteiger partial charge in [0.15, 0.2) is 0 Å². The predicted octanol–water partition coefficient (Wildman–Crippen LogP) is 1.84. The van der Waals surface area contributed by atoms with Gasteiger partial charge in [-0.2, -0.15) is 0 Å². The Morgan fingerprint density at radius 1 is 1.23 bits per heavy atom. The van der Waals surface area contributed by atoms with E-state index < -0.39 is 15.3 Å². The first-order chi connectivity index (χ1) is 12.4. The molecular weight excluding hydrogens is 354 g/mol. The number of aliphatic hydroxyl groups is 1. The van der Waals surface area contributed by atoms with Gasteiger partial charge in [-0.3, -0.25) is 0 Å². The number of aromatic nitrogens is 2. The quantitative estimate of drug-likeness (QED) is 0.651. The van der Waals surface area contributed by atoms with Gasteiger partial charge in [-0.05, 0) is 43.0 Å². The van der Waals surface area contributed by atoms with Crippen LogP contribution in [0.1, 0.15) is 31.2 Å². The third-order valence-corrected chi connectivity index (χ3v) is 5.83. The topological polar surface area (TPSA) is 101 Å². The Morgan fingerprint density at radius 2 is 1.88 bits per heavy atom. The molecule has 26 heavy (non-hydrogen) atoms. The van der Waals surface area contributed by atoms with Crippen LogP contribution in [0.4, 0.5) is 0 Å². The summed E-state index contributed by atoms with van der Waals surface area (Å²) in [5, 5.41) is 8.38. The largest absolute Gasteiger partial charge is 0.497 e. The highest BCUT2D eigenvalue weighted by molar-refractivity contribution is 7.90. The molecule has 0 amide bonds. The lowest BCUT2D eigenvalue weighted by Crippen LogP contribution is -2.36. The maximum Gasteiger partial charge on any atom is 0.215 e. The zero-order valence-electron chi connectivity index (χ0n) is 15.1. The van der Waals surface area contributed by atoms with E-state index in [4.69, 9.17) is 9.84 Å². The van der Waals surface area contributed by atoms with E-state index in [2.05, 4.69) is 14.7 Å². The second-order valence-corrected chi connectivity index (χ2v) is 8.13. The van der Waals surface area contributed by atoms with Crippen molar-refractivity contribution >= 4 is 10.0 Å². The second-order valence-electron chi connectivity index (χ2n) is 6.08. The molecule has 1 aromatic heterocycles. The molecular formula is C18H27N3O4S. The molecule has 0 spiro atoms. The van der Waals surface area contributed by atoms with Crippen LogP contribution in [0.25, 0.3) is 0 Å². The minimum Gasteiger partial charge on any atom is -0.497 e. The summed E-state index contributed by atoms with van der Waals surface area (Å²) < 4.78 is 33.2. The third-order valence-electron chi connectivity index (χ3n) is 4.00. The molecule has 0 aliphatic heterocycles. The number of nitrogens with one attached hydrogen (secondary N) is 1. The van der Waals surface area contributed by atoms with Crippen molar-refractivity contribution in [2.24, 2.45) is 0 Å². The number of sulfonamides is 1. The maximum absolute atomic E-state index is 12.7. The van der Waals surface area contributed by atoms with Crippen LogP contribution in [0.3, 0.4) is 0 Å². The molecule has 2 aromatic rings. The summed E-state index contributed by atoms with van der Waals surface area (Å²) in [5.74, 6) is 1.20. The predicted molar refractivity (Wildman–Crippen MR) is 101 cm³/mol. The van der Waals surface area contributed by atoms with Gasteiger partial charge >= 0.3 is 0 Å². The molecule has 1 atom stereocenters. The number of hydrogen-bond acceptors (Lipinski definition) is 6. The zero-order valence-corrected chi connectivity index (χ0v) is 15.9. The molecule has 1 aromatic carbocycles. The van der Waals surface area contributed by atoms with Crippen molar-refractivity contribution in [1.29, 1.82) is 0 Å². The van der Waals surface area contributed by atoms with E-state index in [-0.39, 0.29) is 21.0 Å². The van der Waals surface area contributed by atoms with Gasteiger partial charge in [0.25, 0.3) is 0 Å². The highest BCUT2D eigenvalue weighted by atomic mass is 32.2. The number of aliphatic hydroxyl groups excluding tert-OH is 1. The summed E-state index contributed by atoms with van der Waals surface area (Å²) in [5.41, 5.74) is 1.75. The normalized spacial score (nSPS) is 12.7. The Morgan fingerprint density at radius 3 is 2.46 bits per heavy atom. The fraction of sp³-hybridized carbons (Fsp3) is 0.444. The molecule has 8 heteroatoms. The van der Waals surface area contributed by atoms with Gasteiger partial charge < -0.3 is 9.84 Å². The fourth-order valence-corrected chi connectivity index (χ4v) is 3.91. The Balaban J connectivity index is 0.00000364. The molecule has 144 valence electrons. The van der Waals surface area contributed by atoms with Gasteiger partial charge in [0.2, 0.25) is 10.0 Å². The molecule has 0 aliphatic rings. The Hall–Kier alpha value is -2.03. The van der Waals surface area contributed by atoms with Crippen LogP contribution in [-0.4, -0.2) is 42.5 Å². The summed E-state index contributed by atoms with van der Waals surface area (Å²) in [6.07, 6.45) is 4.29. The minimum atomic E-state index is -3.59. The Labute approximate surface area is 156 Å². The average molecular weight is 381 g/mol. The molecule has 0 saturated carbocycles. The van der Waals surface area contributed by atoms with Crippen molar-refractivity contribution in [3.05, 3.63) is 53.6 Å². The van der Waals surface area contributed by atoms with Gasteiger partial charge in [-0.1, -0.05) is 12.1 Å². The van der Waals surface area contributed by atoms with Crippen molar-refractivity contribution in [2.75, 3.05) is 13.7 Å². The molecule has 0 unspecified atom stereocenters. The number of ether oxygens (including phenoxy) is 1. The Bertz CT molecular complexity index is 783. The summed E-state index contributed by atoms with van der Waals surface area (Å²) in [7, 11) is -2.01. The first-order valence-electron chi connectivity index (χ1n) is 8.44. The molecule has 1 heterocycles. The van der Waals surface area contributed by atoms with E-state index >= 15 is 0 Å². The van der Waals surface area contributed by atoms with E-state index in [9.17, 15) is 8.42 Å². The second kappa shape index (κ2) is 9.61. The molecule has 0 saturated heterocycles. The van der Waals surface area contributed by atoms with E-state index in [0.29, 0.717) is 24.4 Å². The summed E-state index contributed by atoms with van der Waals surface area (Å²) in [4.78, 5) is 8.39. The number of methoxy groups -OCH3 is 1. The van der Waals surface area contributed by atoms with Gasteiger partial charge in [0.05, 0.1) is 12.4 Å². The van der Waals surface area contributed by atoms with Gasteiger partial charge in [0.1, 0.15) is 11.6 Å². The van der Waals surface area contributed by atoms with Crippen molar-refractivity contribution in [1.82, 2.24) is 14.7 Å². The van der Waals surface area contributed by atoms with Crippen LogP contribution in [0, 0.1) is 6.92 Å². The van der Waals surface area contributed by atoms with Crippen LogP contribution >= 0.6 is 0 Å². The summed E-state index contributed by atoms with van der Waals surface area (Å²) in [6, 6.07) is 7.19. The van der Waals surface area contributed by atoms with Crippen LogP contribution in [0.2, 0.25) is 0 Å². The number of hydrogen-bond donors (Lipinski definition) is 2. The minimum absolute atomic E-state index is 0. The fourth-order valence-electron chi connectivity index (χ4n) is 2.46. The standard InChI is InChI=1S/C18H25N3O4S.H2/c1-14-11-19-18(20-12-14)10-17(4-3-9-22)26(23,24)21-13-15-5-7-16(25-2)8-6-15;/h5-8,11-12,17,21-22H,3-4,9-10,13H2,1-2H3;1H/t17-;/m0./s1. The van der Waals surface area contributed by atoms with Crippen molar-refractivity contribution in [3.63, 3.8) is 0 Å². The number of nitrogens with zero attached hydrogens (tertiary/aromatic N) is 2. The van der Waals surface area contributed by atoms with E-state index in [1.54, 1.807) is 31.6 Å². The Kier molecular flexibility index (Phi) is 7.50. The molecule has 2 rings (SSSR count). The van der Waals surface area contributed by atoms with E-state index in [0.717, 1.165) is 11.1 Å². The molecule has 0 radical (unpaired) electrons. The molecule has 0 bridgehead atoms. The maximum atomic E-state index is 12.7. The SMILES string of the molecule is COc1ccc(CNS(=O)(=O)[C@@H](CCCO)Cc2ncc(C)cn2)cc1.[HH]. The summed E-state index contributed by atoms with van der Waals surface area (Å²) in [6.45, 7) is 2.01. The van der Waals surface area contributed by atoms with Crippen LogP contribution < -0.4 is 9.46 Å². The molecule has 7 nitrogen and oxygen atoms in total. The lowest BCUT2D eigenvalue weighted by molar-refractivity contribution is 0.283. The smallest absolute Gasteiger partial charge is 0.215 e. The number of rotatable bonds is 10. The van der Waals surface area contributed by atoms with Crippen molar-refractivity contribution in [3.8, 4) is 5.75 Å². The van der Waals surface area contributed by atoms with Crippen molar-refractivity contribution in [2.45, 2.75) is 38.0 Å². The highest BCUT2D eigenvalue weighted by Crippen LogP contribution is 2.15. The lowest BCUT2D eigenvalue weighted by atomic mass is 10.2. The van der Waals surface area contributed by atoms with Crippen LogP contribution in [0.5, 0.6) is 5.75 Å². The highest BCUT2D eigenvalue weighted by Gasteiger charge is 2.26. The van der Waals surface area contributed by atoms with Crippen LogP contribution in [-0.2, 0) is 23.0 Å². The molecule has 0 aliphatic carbocycles. The number of benzene rings is 1. The van der Waals surface area contributed by atoms with Gasteiger partial charge in [0, 0.05) is 33.4 Å². The van der Waals surface area contributed by atoms with E-state index in [1.807, 2.05) is 19.1 Å². The number of aryl methyl sites for hydroxylation is 1. The molecule has 2 N–H and O–H groups in total. The average Bonchev–Trinajstić information content (AvgIpc) is 2.65. The first kappa shape index (κ1) is 20.3.